The van der Waals surface area contributed by atoms with Gasteiger partial charge in [0.25, 0.3) is 5.91 Å². The molecule has 0 saturated carbocycles. The van der Waals surface area contributed by atoms with Crippen molar-refractivity contribution >= 4 is 17.7 Å². The number of aryl methyl sites for hydroxylation is 1. The van der Waals surface area contributed by atoms with Gasteiger partial charge < -0.3 is 19.3 Å². The number of hydrogen-bond donors (Lipinski definition) is 3. The minimum atomic E-state index is -1.23. The lowest BCUT2D eigenvalue weighted by Crippen LogP contribution is -2.40. The van der Waals surface area contributed by atoms with Crippen molar-refractivity contribution in [3.05, 3.63) is 70.6 Å². The van der Waals surface area contributed by atoms with Gasteiger partial charge in [-0.25, -0.2) is 15.2 Å². The predicted molar refractivity (Wildman–Crippen MR) is 131 cm³/mol. The molecule has 0 saturated heterocycles. The molecule has 1 aliphatic rings. The van der Waals surface area contributed by atoms with Crippen molar-refractivity contribution in [1.29, 1.82) is 5.26 Å². The molecule has 3 N–H and O–H groups in total. The Morgan fingerprint density at radius 1 is 1.33 bits per heavy atom. The normalized spacial score (nSPS) is 13.5. The first-order valence-electron chi connectivity index (χ1n) is 11.5. The number of hydrazine groups is 1. The third kappa shape index (κ3) is 4.93. The number of nitriles is 1. The van der Waals surface area contributed by atoms with Gasteiger partial charge in [-0.3, -0.25) is 15.2 Å². The number of imidazole rings is 1. The van der Waals surface area contributed by atoms with E-state index in [-0.39, 0.29) is 11.9 Å². The second-order valence-electron chi connectivity index (χ2n) is 8.40. The standard InChI is InChI=1S/C25H27N7O4/c1-4-36-23-11-21(28-13-18(23)12-26)15(2)32-7-5-19-20(24(32)33)9-17(10-22(19)29-30-25(34)35)14-31-8-6-27-16(31)3/h6,8-11,13,15,29-30H,4-5,7,14H2,1-3H3,(H,34,35). The lowest BCUT2D eigenvalue weighted by molar-refractivity contribution is 0.0669. The Morgan fingerprint density at radius 3 is 2.81 bits per heavy atom. The summed E-state index contributed by atoms with van der Waals surface area (Å²) in [6.07, 6.45) is 4.31. The van der Waals surface area contributed by atoms with Crippen molar-refractivity contribution < 1.29 is 19.4 Å². The summed E-state index contributed by atoms with van der Waals surface area (Å²) in [4.78, 5) is 35.2. The lowest BCUT2D eigenvalue weighted by Gasteiger charge is -2.34. The first-order chi connectivity index (χ1) is 17.3. The maximum atomic E-state index is 13.7. The smallest absolute Gasteiger partial charge is 0.423 e. The van der Waals surface area contributed by atoms with E-state index >= 15 is 0 Å². The zero-order valence-corrected chi connectivity index (χ0v) is 20.3. The van der Waals surface area contributed by atoms with E-state index in [4.69, 9.17) is 9.84 Å². The van der Waals surface area contributed by atoms with Gasteiger partial charge in [-0.05, 0) is 50.5 Å². The maximum absolute atomic E-state index is 13.7. The van der Waals surface area contributed by atoms with E-state index in [1.54, 1.807) is 17.2 Å². The molecule has 2 amide bonds. The zero-order valence-electron chi connectivity index (χ0n) is 20.3. The summed E-state index contributed by atoms with van der Waals surface area (Å²) in [5, 5.41) is 18.4. The number of nitrogens with zero attached hydrogens (tertiary/aromatic N) is 5. The highest BCUT2D eigenvalue weighted by atomic mass is 16.5. The summed E-state index contributed by atoms with van der Waals surface area (Å²) in [6.45, 7) is 6.90. The third-order valence-electron chi connectivity index (χ3n) is 6.19. The molecule has 0 aliphatic carbocycles. The minimum absolute atomic E-state index is 0.185. The van der Waals surface area contributed by atoms with Crippen LogP contribution < -0.4 is 15.6 Å². The highest BCUT2D eigenvalue weighted by molar-refractivity contribution is 5.99. The molecule has 2 aromatic heterocycles. The van der Waals surface area contributed by atoms with E-state index in [1.165, 1.54) is 6.20 Å². The van der Waals surface area contributed by atoms with Gasteiger partial charge in [0.2, 0.25) is 0 Å². The number of aromatic nitrogens is 3. The van der Waals surface area contributed by atoms with Gasteiger partial charge in [-0.15, -0.1) is 0 Å². The number of nitrogens with one attached hydrogen (secondary N) is 2. The summed E-state index contributed by atoms with van der Waals surface area (Å²) in [7, 11) is 0. The molecule has 11 nitrogen and oxygen atoms in total. The first kappa shape index (κ1) is 24.5. The van der Waals surface area contributed by atoms with Gasteiger partial charge >= 0.3 is 6.09 Å². The Bertz CT molecular complexity index is 1340. The molecule has 11 heteroatoms. The Hall–Kier alpha value is -4.59. The molecule has 186 valence electrons. The van der Waals surface area contributed by atoms with Gasteiger partial charge in [0.1, 0.15) is 23.2 Å². The Kier molecular flexibility index (Phi) is 7.05. The van der Waals surface area contributed by atoms with Crippen LogP contribution in [0.5, 0.6) is 5.75 Å². The Balaban J connectivity index is 1.68. The quantitative estimate of drug-likeness (QED) is 0.409. The van der Waals surface area contributed by atoms with Gasteiger partial charge in [-0.2, -0.15) is 5.26 Å². The van der Waals surface area contributed by atoms with E-state index in [0.717, 1.165) is 17.0 Å². The van der Waals surface area contributed by atoms with Crippen LogP contribution in [0.3, 0.4) is 0 Å². The van der Waals surface area contributed by atoms with E-state index in [9.17, 15) is 14.9 Å². The number of hydrogen-bond acceptors (Lipinski definition) is 7. The highest BCUT2D eigenvalue weighted by Gasteiger charge is 2.31. The number of carboxylic acid groups (broad SMARTS) is 1. The van der Waals surface area contributed by atoms with Crippen molar-refractivity contribution in [2.75, 3.05) is 18.6 Å². The van der Waals surface area contributed by atoms with Crippen molar-refractivity contribution in [3.8, 4) is 11.8 Å². The molecule has 0 spiro atoms. The van der Waals surface area contributed by atoms with Crippen LogP contribution in [0.25, 0.3) is 0 Å². The molecule has 1 unspecified atom stereocenters. The average Bonchev–Trinajstić information content (AvgIpc) is 3.27. The molecule has 1 atom stereocenters. The second-order valence-corrected chi connectivity index (χ2v) is 8.40. The molecule has 4 rings (SSSR count). The van der Waals surface area contributed by atoms with Gasteiger partial charge in [0, 0.05) is 43.3 Å². The summed E-state index contributed by atoms with van der Waals surface area (Å²) < 4.78 is 7.53. The number of carbonyl (C=O) groups excluding carboxylic acids is 1. The number of benzene rings is 1. The predicted octanol–water partition coefficient (Wildman–Crippen LogP) is 3.26. The van der Waals surface area contributed by atoms with Crippen LogP contribution in [-0.4, -0.2) is 49.7 Å². The molecule has 0 bridgehead atoms. The molecule has 1 aliphatic heterocycles. The van der Waals surface area contributed by atoms with Crippen LogP contribution in [-0.2, 0) is 13.0 Å². The highest BCUT2D eigenvalue weighted by Crippen LogP contribution is 2.33. The van der Waals surface area contributed by atoms with Crippen molar-refractivity contribution in [1.82, 2.24) is 24.9 Å². The van der Waals surface area contributed by atoms with Crippen molar-refractivity contribution in [2.24, 2.45) is 0 Å². The van der Waals surface area contributed by atoms with Crippen molar-refractivity contribution in [2.45, 2.75) is 39.8 Å². The molecule has 3 aromatic rings. The Morgan fingerprint density at radius 2 is 2.14 bits per heavy atom. The number of fused-ring (bicyclic) bond motifs is 1. The molecule has 0 fully saturated rings. The van der Waals surface area contributed by atoms with Crippen LogP contribution in [0.2, 0.25) is 0 Å². The van der Waals surface area contributed by atoms with Crippen LogP contribution in [0.1, 0.15) is 58.5 Å². The van der Waals surface area contributed by atoms with E-state index in [1.807, 2.05) is 43.7 Å². The topological polar surface area (TPSA) is 145 Å². The molecule has 36 heavy (non-hydrogen) atoms. The summed E-state index contributed by atoms with van der Waals surface area (Å²) in [5.41, 5.74) is 8.47. The van der Waals surface area contributed by atoms with Crippen LogP contribution in [0.15, 0.2) is 36.8 Å². The zero-order chi connectivity index (χ0) is 25.8. The second kappa shape index (κ2) is 10.4. The molecule has 1 aromatic carbocycles. The third-order valence-corrected chi connectivity index (χ3v) is 6.19. The lowest BCUT2D eigenvalue weighted by atomic mass is 9.93. The molecule has 3 heterocycles. The van der Waals surface area contributed by atoms with Gasteiger partial charge in [-0.1, -0.05) is 0 Å². The average molecular weight is 490 g/mol. The summed E-state index contributed by atoms with van der Waals surface area (Å²) >= 11 is 0. The molecular formula is C25H27N7O4. The van der Waals surface area contributed by atoms with E-state index in [2.05, 4.69) is 26.9 Å². The van der Waals surface area contributed by atoms with E-state index in [0.29, 0.717) is 54.4 Å². The number of amides is 2. The largest absolute Gasteiger partial charge is 0.492 e. The SMILES string of the molecule is CCOc1cc(C(C)N2CCc3c(NNC(=O)O)cc(Cn4ccnc4C)cc3C2=O)ncc1C#N. The fourth-order valence-corrected chi connectivity index (χ4v) is 4.34. The van der Waals surface area contributed by atoms with Crippen LogP contribution >= 0.6 is 0 Å². The number of rotatable bonds is 8. The monoisotopic (exact) mass is 489 g/mol. The maximum Gasteiger partial charge on any atom is 0.423 e. The van der Waals surface area contributed by atoms with Gasteiger partial charge in [0.05, 0.1) is 24.0 Å². The minimum Gasteiger partial charge on any atom is -0.492 e. The summed E-state index contributed by atoms with van der Waals surface area (Å²) in [5.74, 6) is 1.07. The Labute approximate surface area is 208 Å². The fraction of sp³-hybridized carbons (Fsp3) is 0.320. The van der Waals surface area contributed by atoms with Gasteiger partial charge in [0.15, 0.2) is 0 Å². The fourth-order valence-electron chi connectivity index (χ4n) is 4.34. The number of carbonyl (C=O) groups is 2. The molecular weight excluding hydrogens is 462 g/mol. The number of pyridine rings is 1. The number of ether oxygens (including phenoxy) is 1. The molecule has 0 radical (unpaired) electrons. The summed E-state index contributed by atoms with van der Waals surface area (Å²) in [6, 6.07) is 7.10. The van der Waals surface area contributed by atoms with E-state index < -0.39 is 6.09 Å². The number of anilines is 1. The van der Waals surface area contributed by atoms with Crippen LogP contribution in [0, 0.1) is 18.3 Å². The van der Waals surface area contributed by atoms with Crippen LogP contribution in [0.4, 0.5) is 10.5 Å². The first-order valence-corrected chi connectivity index (χ1v) is 11.5. The van der Waals surface area contributed by atoms with Crippen molar-refractivity contribution in [3.63, 3.8) is 0 Å².